The van der Waals surface area contributed by atoms with Gasteiger partial charge >= 0.3 is 11.9 Å². The lowest BCUT2D eigenvalue weighted by Gasteiger charge is -1.93. The Hall–Kier alpha value is -0.570. The molecule has 0 spiro atoms. The molecule has 0 aromatic carbocycles. The standard InChI is InChI=1S/C5H5ClO3/c1-2-3(6)5(8)9-4(2)7/h2-3H,1H3. The summed E-state index contributed by atoms with van der Waals surface area (Å²) in [6, 6.07) is 0. The number of rotatable bonds is 0. The number of alkyl halides is 1. The minimum absolute atomic E-state index is 0.487. The van der Waals surface area contributed by atoms with E-state index in [1.807, 2.05) is 0 Å². The van der Waals surface area contributed by atoms with Crippen molar-refractivity contribution in [1.29, 1.82) is 0 Å². The van der Waals surface area contributed by atoms with Crippen molar-refractivity contribution in [3.8, 4) is 0 Å². The van der Waals surface area contributed by atoms with Gasteiger partial charge in [-0.25, -0.2) is 4.79 Å². The van der Waals surface area contributed by atoms with Crippen molar-refractivity contribution < 1.29 is 14.3 Å². The second-order valence-electron chi connectivity index (χ2n) is 1.93. The molecule has 1 fully saturated rings. The number of carbonyl (C=O) groups excluding carboxylic acids is 2. The Morgan fingerprint density at radius 3 is 2.11 bits per heavy atom. The van der Waals surface area contributed by atoms with Gasteiger partial charge in [-0.15, -0.1) is 11.6 Å². The third kappa shape index (κ3) is 0.920. The van der Waals surface area contributed by atoms with Gasteiger partial charge in [0.25, 0.3) is 0 Å². The highest BCUT2D eigenvalue weighted by molar-refractivity contribution is 6.33. The maximum absolute atomic E-state index is 10.5. The Balaban J connectivity index is 2.77. The number of halogens is 1. The SMILES string of the molecule is CC1C(=O)OC(=O)C1Cl. The Morgan fingerprint density at radius 1 is 1.44 bits per heavy atom. The lowest BCUT2D eigenvalue weighted by atomic mass is 10.1. The maximum atomic E-state index is 10.5. The third-order valence-corrected chi connectivity index (χ3v) is 1.79. The van der Waals surface area contributed by atoms with Crippen LogP contribution in [-0.2, 0) is 14.3 Å². The quantitative estimate of drug-likeness (QED) is 0.282. The molecule has 2 atom stereocenters. The van der Waals surface area contributed by atoms with Gasteiger partial charge in [0.15, 0.2) is 0 Å². The number of cyclic esters (lactones) is 2. The molecule has 1 rings (SSSR count). The fourth-order valence-electron chi connectivity index (χ4n) is 0.572. The number of carbonyl (C=O) groups is 2. The monoisotopic (exact) mass is 148 g/mol. The number of esters is 2. The topological polar surface area (TPSA) is 43.4 Å². The molecule has 0 amide bonds. The molecule has 1 saturated heterocycles. The zero-order chi connectivity index (χ0) is 7.02. The summed E-state index contributed by atoms with van der Waals surface area (Å²) in [6.45, 7) is 1.56. The van der Waals surface area contributed by atoms with Crippen molar-refractivity contribution in [3.05, 3.63) is 0 Å². The first kappa shape index (κ1) is 6.55. The smallest absolute Gasteiger partial charge is 0.332 e. The van der Waals surface area contributed by atoms with E-state index < -0.39 is 23.2 Å². The van der Waals surface area contributed by atoms with Crippen LogP contribution in [0.2, 0.25) is 0 Å². The Morgan fingerprint density at radius 2 is 2.00 bits per heavy atom. The summed E-state index contributed by atoms with van der Waals surface area (Å²) in [5, 5.41) is -0.780. The van der Waals surface area contributed by atoms with Crippen molar-refractivity contribution in [2.75, 3.05) is 0 Å². The molecule has 0 radical (unpaired) electrons. The second-order valence-corrected chi connectivity index (χ2v) is 2.40. The summed E-state index contributed by atoms with van der Waals surface area (Å²) in [7, 11) is 0. The molecule has 1 aliphatic rings. The normalized spacial score (nSPS) is 34.9. The summed E-state index contributed by atoms with van der Waals surface area (Å²) < 4.78 is 4.18. The lowest BCUT2D eigenvalue weighted by Crippen LogP contribution is -2.13. The lowest BCUT2D eigenvalue weighted by molar-refractivity contribution is -0.152. The van der Waals surface area contributed by atoms with Crippen LogP contribution in [-0.4, -0.2) is 17.3 Å². The van der Waals surface area contributed by atoms with Crippen LogP contribution < -0.4 is 0 Å². The number of hydrogen-bond acceptors (Lipinski definition) is 3. The van der Waals surface area contributed by atoms with E-state index in [0.29, 0.717) is 0 Å². The molecule has 9 heavy (non-hydrogen) atoms. The van der Waals surface area contributed by atoms with Crippen molar-refractivity contribution in [3.63, 3.8) is 0 Å². The average molecular weight is 149 g/mol. The van der Waals surface area contributed by atoms with E-state index in [4.69, 9.17) is 11.6 Å². The maximum Gasteiger partial charge on any atom is 0.332 e. The van der Waals surface area contributed by atoms with Crippen LogP contribution in [0.1, 0.15) is 6.92 Å². The van der Waals surface area contributed by atoms with Crippen LogP contribution in [0.15, 0.2) is 0 Å². The summed E-state index contributed by atoms with van der Waals surface area (Å²) in [5.41, 5.74) is 0. The Labute approximate surface area is 56.9 Å². The number of ether oxygens (including phenoxy) is 1. The Kier molecular flexibility index (Phi) is 1.45. The molecule has 0 bridgehead atoms. The van der Waals surface area contributed by atoms with Crippen LogP contribution in [0.25, 0.3) is 0 Å². The zero-order valence-corrected chi connectivity index (χ0v) is 5.51. The van der Waals surface area contributed by atoms with Gasteiger partial charge in [0.05, 0.1) is 5.92 Å². The predicted octanol–water partition coefficient (Wildman–Crippen LogP) is 0.313. The van der Waals surface area contributed by atoms with E-state index in [0.717, 1.165) is 0 Å². The molecule has 0 aliphatic carbocycles. The number of hydrogen-bond donors (Lipinski definition) is 0. The Bertz CT molecular complexity index is 148. The van der Waals surface area contributed by atoms with Crippen LogP contribution in [0.5, 0.6) is 0 Å². The summed E-state index contributed by atoms with van der Waals surface area (Å²) in [4.78, 5) is 20.9. The second kappa shape index (κ2) is 1.99. The van der Waals surface area contributed by atoms with E-state index in [1.165, 1.54) is 0 Å². The van der Waals surface area contributed by atoms with Gasteiger partial charge in [-0.2, -0.15) is 0 Å². The molecule has 0 aromatic heterocycles. The zero-order valence-electron chi connectivity index (χ0n) is 4.76. The van der Waals surface area contributed by atoms with Gasteiger partial charge < -0.3 is 4.74 Å². The minimum atomic E-state index is -0.780. The molecule has 3 nitrogen and oxygen atoms in total. The van der Waals surface area contributed by atoms with Gasteiger partial charge in [-0.3, -0.25) is 4.79 Å². The molecule has 1 aliphatic heterocycles. The van der Waals surface area contributed by atoms with Crippen LogP contribution in [0, 0.1) is 5.92 Å². The van der Waals surface area contributed by atoms with Gasteiger partial charge in [0.1, 0.15) is 5.38 Å². The fourth-order valence-corrected chi connectivity index (χ4v) is 0.719. The molecule has 4 heteroatoms. The van der Waals surface area contributed by atoms with Crippen LogP contribution >= 0.6 is 11.6 Å². The largest absolute Gasteiger partial charge is 0.392 e. The summed E-state index contributed by atoms with van der Waals surface area (Å²) in [5.74, 6) is -1.65. The van der Waals surface area contributed by atoms with Gasteiger partial charge in [0.2, 0.25) is 0 Å². The minimum Gasteiger partial charge on any atom is -0.392 e. The summed E-state index contributed by atoms with van der Waals surface area (Å²) in [6.07, 6.45) is 0. The van der Waals surface area contributed by atoms with E-state index in [2.05, 4.69) is 4.74 Å². The molecule has 0 N–H and O–H groups in total. The van der Waals surface area contributed by atoms with Gasteiger partial charge in [0, 0.05) is 0 Å². The molecular formula is C5H5ClO3. The van der Waals surface area contributed by atoms with E-state index >= 15 is 0 Å². The van der Waals surface area contributed by atoms with Crippen molar-refractivity contribution in [2.45, 2.75) is 12.3 Å². The fraction of sp³-hybridized carbons (Fsp3) is 0.600. The molecule has 50 valence electrons. The average Bonchev–Trinajstić information content (AvgIpc) is 1.98. The first-order valence-corrected chi connectivity index (χ1v) is 2.96. The highest BCUT2D eigenvalue weighted by atomic mass is 35.5. The third-order valence-electron chi connectivity index (χ3n) is 1.24. The molecule has 2 unspecified atom stereocenters. The van der Waals surface area contributed by atoms with Crippen LogP contribution in [0.4, 0.5) is 0 Å². The molecule has 0 aromatic rings. The highest BCUT2D eigenvalue weighted by Crippen LogP contribution is 2.20. The van der Waals surface area contributed by atoms with Crippen molar-refractivity contribution in [2.24, 2.45) is 5.92 Å². The molecular weight excluding hydrogens is 144 g/mol. The van der Waals surface area contributed by atoms with Crippen molar-refractivity contribution >= 4 is 23.5 Å². The van der Waals surface area contributed by atoms with E-state index in [1.54, 1.807) is 6.92 Å². The first-order valence-electron chi connectivity index (χ1n) is 2.52. The van der Waals surface area contributed by atoms with Gasteiger partial charge in [-0.05, 0) is 6.92 Å². The highest BCUT2D eigenvalue weighted by Gasteiger charge is 2.39. The first-order chi connectivity index (χ1) is 4.13. The van der Waals surface area contributed by atoms with Crippen molar-refractivity contribution in [1.82, 2.24) is 0 Å². The molecule has 0 saturated carbocycles. The molecule has 1 heterocycles. The van der Waals surface area contributed by atoms with Gasteiger partial charge in [-0.1, -0.05) is 0 Å². The van der Waals surface area contributed by atoms with Crippen LogP contribution in [0.3, 0.4) is 0 Å². The van der Waals surface area contributed by atoms with E-state index in [-0.39, 0.29) is 0 Å². The predicted molar refractivity (Wildman–Crippen MR) is 29.9 cm³/mol. The summed E-state index contributed by atoms with van der Waals surface area (Å²) >= 11 is 5.41. The van der Waals surface area contributed by atoms with E-state index in [9.17, 15) is 9.59 Å².